The number of hydrogen-bond donors (Lipinski definition) is 6. The Balaban J connectivity index is 4.85. The van der Waals surface area contributed by atoms with Gasteiger partial charge in [-0.3, -0.25) is 14.4 Å². The van der Waals surface area contributed by atoms with Crippen LogP contribution in [0.25, 0.3) is 0 Å². The zero-order valence-electron chi connectivity index (χ0n) is 12.5. The average Bonchev–Trinajstić information content (AvgIpc) is 2.47. The standard InChI is InChI=1S/C12H21N3O6S2/c1-23-3-2-7(11(19)15-8(5-22)12(20)21)14-10(18)6(13)4-9(16)17/h6-8,22H,2-5,13H2,1H3,(H,14,18)(H,15,19)(H,16,17)(H,20,21). The Kier molecular flexibility index (Phi) is 10.4. The van der Waals surface area contributed by atoms with Crippen LogP contribution in [0, 0.1) is 0 Å². The van der Waals surface area contributed by atoms with Gasteiger partial charge in [0.1, 0.15) is 12.1 Å². The number of nitrogens with two attached hydrogens (primary N) is 1. The number of amides is 2. The Morgan fingerprint density at radius 1 is 1.13 bits per heavy atom. The first kappa shape index (κ1) is 21.5. The largest absolute Gasteiger partial charge is 0.481 e. The van der Waals surface area contributed by atoms with Crippen LogP contribution >= 0.6 is 24.4 Å². The number of carboxylic acid groups (broad SMARTS) is 2. The fraction of sp³-hybridized carbons (Fsp3) is 0.667. The van der Waals surface area contributed by atoms with Crippen molar-refractivity contribution in [2.45, 2.75) is 31.0 Å². The van der Waals surface area contributed by atoms with Gasteiger partial charge in [0.2, 0.25) is 11.8 Å². The zero-order chi connectivity index (χ0) is 18.0. The highest BCUT2D eigenvalue weighted by atomic mass is 32.2. The lowest BCUT2D eigenvalue weighted by Crippen LogP contribution is -2.55. The van der Waals surface area contributed by atoms with Gasteiger partial charge in [-0.25, -0.2) is 4.79 Å². The van der Waals surface area contributed by atoms with E-state index in [2.05, 4.69) is 23.3 Å². The third kappa shape index (κ3) is 8.67. The quantitative estimate of drug-likeness (QED) is 0.241. The number of nitrogens with one attached hydrogen (secondary N) is 2. The Hall–Kier alpha value is -1.46. The first-order valence-electron chi connectivity index (χ1n) is 6.63. The molecule has 3 atom stereocenters. The molecule has 9 nitrogen and oxygen atoms in total. The van der Waals surface area contributed by atoms with E-state index in [0.717, 1.165) is 0 Å². The number of rotatable bonds is 11. The Labute approximate surface area is 143 Å². The molecular formula is C12H21N3O6S2. The fourth-order valence-corrected chi connectivity index (χ4v) is 2.24. The molecule has 3 unspecified atom stereocenters. The number of thioether (sulfide) groups is 1. The highest BCUT2D eigenvalue weighted by Gasteiger charge is 2.27. The summed E-state index contributed by atoms with van der Waals surface area (Å²) in [6.45, 7) is 0. The van der Waals surface area contributed by atoms with E-state index in [9.17, 15) is 19.2 Å². The van der Waals surface area contributed by atoms with Crippen molar-refractivity contribution in [3.05, 3.63) is 0 Å². The second-order valence-corrected chi connectivity index (χ2v) is 5.98. The second-order valence-electron chi connectivity index (χ2n) is 4.63. The second kappa shape index (κ2) is 11.1. The molecule has 2 amide bonds. The van der Waals surface area contributed by atoms with Crippen molar-refractivity contribution in [1.29, 1.82) is 0 Å². The third-order valence-corrected chi connectivity index (χ3v) is 3.78. The molecule has 0 radical (unpaired) electrons. The topological polar surface area (TPSA) is 159 Å². The monoisotopic (exact) mass is 367 g/mol. The molecule has 23 heavy (non-hydrogen) atoms. The molecule has 0 bridgehead atoms. The van der Waals surface area contributed by atoms with Crippen LogP contribution in [0.4, 0.5) is 0 Å². The Bertz CT molecular complexity index is 449. The molecule has 132 valence electrons. The number of aliphatic carboxylic acids is 2. The van der Waals surface area contributed by atoms with Crippen LogP contribution in [0.5, 0.6) is 0 Å². The lowest BCUT2D eigenvalue weighted by Gasteiger charge is -2.21. The average molecular weight is 367 g/mol. The van der Waals surface area contributed by atoms with E-state index in [1.54, 1.807) is 6.26 Å². The zero-order valence-corrected chi connectivity index (χ0v) is 14.2. The number of carbonyl (C=O) groups is 4. The van der Waals surface area contributed by atoms with Gasteiger partial charge in [0.15, 0.2) is 0 Å². The summed E-state index contributed by atoms with van der Waals surface area (Å²) >= 11 is 5.27. The number of carbonyl (C=O) groups excluding carboxylic acids is 2. The van der Waals surface area contributed by atoms with Crippen molar-refractivity contribution in [3.8, 4) is 0 Å². The molecule has 0 aromatic carbocycles. The molecule has 0 aliphatic heterocycles. The van der Waals surface area contributed by atoms with Gasteiger partial charge in [-0.15, -0.1) is 0 Å². The maximum atomic E-state index is 12.1. The summed E-state index contributed by atoms with van der Waals surface area (Å²) in [7, 11) is 0. The SMILES string of the molecule is CSCCC(NC(=O)C(N)CC(=O)O)C(=O)NC(CS)C(=O)O. The van der Waals surface area contributed by atoms with E-state index >= 15 is 0 Å². The maximum absolute atomic E-state index is 12.1. The van der Waals surface area contributed by atoms with E-state index in [0.29, 0.717) is 5.75 Å². The van der Waals surface area contributed by atoms with Gasteiger partial charge in [-0.05, 0) is 18.4 Å². The minimum absolute atomic E-state index is 0.108. The van der Waals surface area contributed by atoms with E-state index in [1.807, 2.05) is 0 Å². The van der Waals surface area contributed by atoms with Gasteiger partial charge in [0.05, 0.1) is 12.5 Å². The minimum atomic E-state index is -1.29. The van der Waals surface area contributed by atoms with Gasteiger partial charge in [0.25, 0.3) is 0 Å². The van der Waals surface area contributed by atoms with Gasteiger partial charge < -0.3 is 26.6 Å². The molecule has 0 spiro atoms. The fourth-order valence-electron chi connectivity index (χ4n) is 1.52. The summed E-state index contributed by atoms with van der Waals surface area (Å²) in [4.78, 5) is 45.4. The van der Waals surface area contributed by atoms with Crippen LogP contribution in [-0.2, 0) is 19.2 Å². The van der Waals surface area contributed by atoms with Crippen molar-refractivity contribution in [2.24, 2.45) is 5.73 Å². The first-order valence-corrected chi connectivity index (χ1v) is 8.66. The normalized spacial score (nSPS) is 14.4. The van der Waals surface area contributed by atoms with Crippen molar-refractivity contribution >= 4 is 48.1 Å². The van der Waals surface area contributed by atoms with Crippen LogP contribution in [0.3, 0.4) is 0 Å². The molecule has 0 rings (SSSR count). The number of hydrogen-bond acceptors (Lipinski definition) is 7. The van der Waals surface area contributed by atoms with Crippen LogP contribution in [0.2, 0.25) is 0 Å². The van der Waals surface area contributed by atoms with Crippen LogP contribution in [0.15, 0.2) is 0 Å². The molecule has 0 fully saturated rings. The number of thiol groups is 1. The van der Waals surface area contributed by atoms with E-state index in [4.69, 9.17) is 15.9 Å². The smallest absolute Gasteiger partial charge is 0.327 e. The van der Waals surface area contributed by atoms with Crippen molar-refractivity contribution in [2.75, 3.05) is 17.8 Å². The molecular weight excluding hydrogens is 346 g/mol. The summed E-state index contributed by atoms with van der Waals surface area (Å²) < 4.78 is 0. The van der Waals surface area contributed by atoms with E-state index < -0.39 is 48.3 Å². The van der Waals surface area contributed by atoms with Gasteiger partial charge >= 0.3 is 11.9 Å². The van der Waals surface area contributed by atoms with Crippen molar-refractivity contribution in [1.82, 2.24) is 10.6 Å². The van der Waals surface area contributed by atoms with Crippen molar-refractivity contribution < 1.29 is 29.4 Å². The molecule has 0 aliphatic carbocycles. The predicted octanol–water partition coefficient (Wildman–Crippen LogP) is -1.47. The summed E-state index contributed by atoms with van der Waals surface area (Å²) in [5.74, 6) is -3.53. The Morgan fingerprint density at radius 3 is 2.13 bits per heavy atom. The first-order chi connectivity index (χ1) is 10.7. The summed E-state index contributed by atoms with van der Waals surface area (Å²) in [6, 6.07) is -3.49. The van der Waals surface area contributed by atoms with Crippen LogP contribution in [0.1, 0.15) is 12.8 Å². The Morgan fingerprint density at radius 2 is 1.70 bits per heavy atom. The maximum Gasteiger partial charge on any atom is 0.327 e. The van der Waals surface area contributed by atoms with E-state index in [1.165, 1.54) is 11.8 Å². The van der Waals surface area contributed by atoms with Crippen LogP contribution in [-0.4, -0.2) is 69.9 Å². The lowest BCUT2D eigenvalue weighted by molar-refractivity contribution is -0.142. The van der Waals surface area contributed by atoms with Gasteiger partial charge in [-0.1, -0.05) is 0 Å². The van der Waals surface area contributed by atoms with Gasteiger partial charge in [0, 0.05) is 5.75 Å². The summed E-state index contributed by atoms with van der Waals surface area (Å²) in [6.07, 6.45) is 1.48. The lowest BCUT2D eigenvalue weighted by atomic mass is 10.1. The molecule has 6 N–H and O–H groups in total. The van der Waals surface area contributed by atoms with Gasteiger partial charge in [-0.2, -0.15) is 24.4 Å². The number of carboxylic acids is 2. The molecule has 0 saturated heterocycles. The third-order valence-electron chi connectivity index (χ3n) is 2.77. The van der Waals surface area contributed by atoms with Crippen molar-refractivity contribution in [3.63, 3.8) is 0 Å². The molecule has 0 aromatic heterocycles. The highest BCUT2D eigenvalue weighted by molar-refractivity contribution is 7.98. The molecule has 0 saturated carbocycles. The molecule has 0 aliphatic rings. The van der Waals surface area contributed by atoms with Crippen LogP contribution < -0.4 is 16.4 Å². The minimum Gasteiger partial charge on any atom is -0.481 e. The molecule has 0 aromatic rings. The molecule has 11 heteroatoms. The predicted molar refractivity (Wildman–Crippen MR) is 88.6 cm³/mol. The molecule has 0 heterocycles. The summed E-state index contributed by atoms with van der Waals surface area (Å²) in [5.41, 5.74) is 5.43. The summed E-state index contributed by atoms with van der Waals surface area (Å²) in [5, 5.41) is 22.1. The van der Waals surface area contributed by atoms with E-state index in [-0.39, 0.29) is 12.2 Å². The highest BCUT2D eigenvalue weighted by Crippen LogP contribution is 2.03.